The Morgan fingerprint density at radius 3 is 2.64 bits per heavy atom. The SMILES string of the molecule is FC(F)(F)CN1CCC2=C(CNC2)C1. The van der Waals surface area contributed by atoms with Crippen molar-refractivity contribution in [2.45, 2.75) is 12.6 Å². The molecule has 0 spiro atoms. The molecule has 0 aliphatic carbocycles. The Balaban J connectivity index is 1.94. The number of alkyl halides is 3. The van der Waals surface area contributed by atoms with Crippen molar-refractivity contribution in [2.75, 3.05) is 32.7 Å². The minimum absolute atomic E-state index is 0.488. The first-order valence-corrected chi connectivity index (χ1v) is 4.74. The topological polar surface area (TPSA) is 15.3 Å². The average Bonchev–Trinajstić information content (AvgIpc) is 2.47. The van der Waals surface area contributed by atoms with Crippen LogP contribution in [0.15, 0.2) is 11.1 Å². The van der Waals surface area contributed by atoms with Crippen molar-refractivity contribution >= 4 is 0 Å². The summed E-state index contributed by atoms with van der Waals surface area (Å²) in [6.07, 6.45) is -3.28. The van der Waals surface area contributed by atoms with Gasteiger partial charge in [0.2, 0.25) is 0 Å². The highest BCUT2D eigenvalue weighted by molar-refractivity contribution is 5.26. The third-order valence-electron chi connectivity index (χ3n) is 2.72. The van der Waals surface area contributed by atoms with Crippen molar-refractivity contribution in [3.05, 3.63) is 11.1 Å². The van der Waals surface area contributed by atoms with E-state index in [0.29, 0.717) is 13.1 Å². The first-order chi connectivity index (χ1) is 6.54. The molecule has 0 fully saturated rings. The van der Waals surface area contributed by atoms with E-state index in [1.54, 1.807) is 0 Å². The lowest BCUT2D eigenvalue weighted by Crippen LogP contribution is -2.38. The van der Waals surface area contributed by atoms with Crippen LogP contribution in [0.3, 0.4) is 0 Å². The Kier molecular flexibility index (Phi) is 2.53. The zero-order valence-electron chi connectivity index (χ0n) is 7.82. The molecule has 0 saturated carbocycles. The third kappa shape index (κ3) is 2.27. The van der Waals surface area contributed by atoms with Gasteiger partial charge in [0.05, 0.1) is 6.54 Å². The molecule has 5 heteroatoms. The van der Waals surface area contributed by atoms with Gasteiger partial charge in [0.15, 0.2) is 0 Å². The van der Waals surface area contributed by atoms with Gasteiger partial charge in [0.25, 0.3) is 0 Å². The van der Waals surface area contributed by atoms with Crippen LogP contribution < -0.4 is 5.32 Å². The van der Waals surface area contributed by atoms with E-state index in [2.05, 4.69) is 5.32 Å². The molecule has 0 radical (unpaired) electrons. The molecule has 14 heavy (non-hydrogen) atoms. The van der Waals surface area contributed by atoms with Crippen LogP contribution in [0.5, 0.6) is 0 Å². The average molecular weight is 206 g/mol. The van der Waals surface area contributed by atoms with Gasteiger partial charge in [-0.15, -0.1) is 0 Å². The molecule has 0 unspecified atom stereocenters. The zero-order valence-corrected chi connectivity index (χ0v) is 7.82. The van der Waals surface area contributed by atoms with Crippen molar-refractivity contribution < 1.29 is 13.2 Å². The second-order valence-corrected chi connectivity index (χ2v) is 3.89. The predicted molar refractivity (Wildman–Crippen MR) is 47.0 cm³/mol. The van der Waals surface area contributed by atoms with Crippen LogP contribution in [0, 0.1) is 0 Å². The van der Waals surface area contributed by atoms with Crippen molar-refractivity contribution in [2.24, 2.45) is 0 Å². The summed E-state index contributed by atoms with van der Waals surface area (Å²) < 4.78 is 36.3. The van der Waals surface area contributed by atoms with E-state index in [0.717, 1.165) is 19.5 Å². The second-order valence-electron chi connectivity index (χ2n) is 3.89. The number of rotatable bonds is 1. The molecule has 2 nitrogen and oxygen atoms in total. The quantitative estimate of drug-likeness (QED) is 0.647. The lowest BCUT2D eigenvalue weighted by atomic mass is 10.0. The van der Waals surface area contributed by atoms with Gasteiger partial charge in [-0.3, -0.25) is 4.90 Å². The fraction of sp³-hybridized carbons (Fsp3) is 0.778. The van der Waals surface area contributed by atoms with Gasteiger partial charge in [-0.2, -0.15) is 13.2 Å². The molecule has 0 aromatic rings. The van der Waals surface area contributed by atoms with Gasteiger partial charge in [-0.25, -0.2) is 0 Å². The molecule has 2 heterocycles. The molecule has 2 rings (SSSR count). The van der Waals surface area contributed by atoms with E-state index >= 15 is 0 Å². The minimum atomic E-state index is -4.07. The lowest BCUT2D eigenvalue weighted by molar-refractivity contribution is -0.145. The Morgan fingerprint density at radius 2 is 1.93 bits per heavy atom. The molecule has 0 saturated heterocycles. The predicted octanol–water partition coefficient (Wildman–Crippen LogP) is 1.15. The van der Waals surface area contributed by atoms with Crippen molar-refractivity contribution in [3.63, 3.8) is 0 Å². The van der Waals surface area contributed by atoms with Crippen LogP contribution >= 0.6 is 0 Å². The van der Waals surface area contributed by atoms with Crippen LogP contribution in [-0.2, 0) is 0 Å². The summed E-state index contributed by atoms with van der Waals surface area (Å²) in [5, 5.41) is 3.17. The van der Waals surface area contributed by atoms with Gasteiger partial charge in [0.1, 0.15) is 0 Å². The normalized spacial score (nSPS) is 24.2. The van der Waals surface area contributed by atoms with Gasteiger partial charge in [-0.1, -0.05) is 5.57 Å². The molecule has 0 aromatic heterocycles. The number of hydrogen-bond donors (Lipinski definition) is 1. The summed E-state index contributed by atoms with van der Waals surface area (Å²) >= 11 is 0. The van der Waals surface area contributed by atoms with Crippen LogP contribution in [0.4, 0.5) is 13.2 Å². The minimum Gasteiger partial charge on any atom is -0.309 e. The Labute approximate surface area is 80.8 Å². The zero-order chi connectivity index (χ0) is 10.2. The van der Waals surface area contributed by atoms with Crippen LogP contribution in [0.2, 0.25) is 0 Å². The molecule has 2 aliphatic heterocycles. The summed E-state index contributed by atoms with van der Waals surface area (Å²) in [6.45, 7) is 1.89. The summed E-state index contributed by atoms with van der Waals surface area (Å²) in [6, 6.07) is 0. The lowest BCUT2D eigenvalue weighted by Gasteiger charge is -2.28. The molecule has 1 N–H and O–H groups in total. The summed E-state index contributed by atoms with van der Waals surface area (Å²) in [5.74, 6) is 0. The van der Waals surface area contributed by atoms with Crippen molar-refractivity contribution in [3.8, 4) is 0 Å². The molecule has 2 aliphatic rings. The third-order valence-corrected chi connectivity index (χ3v) is 2.72. The maximum absolute atomic E-state index is 12.1. The first-order valence-electron chi connectivity index (χ1n) is 4.74. The van der Waals surface area contributed by atoms with Crippen LogP contribution in [0.25, 0.3) is 0 Å². The molecular weight excluding hydrogens is 193 g/mol. The van der Waals surface area contributed by atoms with E-state index in [1.807, 2.05) is 0 Å². The van der Waals surface area contributed by atoms with E-state index in [9.17, 15) is 13.2 Å². The van der Waals surface area contributed by atoms with Gasteiger partial charge >= 0.3 is 6.18 Å². The molecule has 0 amide bonds. The smallest absolute Gasteiger partial charge is 0.309 e. The van der Waals surface area contributed by atoms with Crippen LogP contribution in [0.1, 0.15) is 6.42 Å². The van der Waals surface area contributed by atoms with E-state index in [-0.39, 0.29) is 0 Å². The molecule has 0 aromatic carbocycles. The highest BCUT2D eigenvalue weighted by Crippen LogP contribution is 2.24. The second kappa shape index (κ2) is 3.55. The highest BCUT2D eigenvalue weighted by Gasteiger charge is 2.33. The fourth-order valence-corrected chi connectivity index (χ4v) is 2.08. The number of nitrogens with one attached hydrogen (secondary N) is 1. The van der Waals surface area contributed by atoms with E-state index < -0.39 is 12.7 Å². The van der Waals surface area contributed by atoms with Gasteiger partial charge < -0.3 is 5.32 Å². The summed E-state index contributed by atoms with van der Waals surface area (Å²) in [4.78, 5) is 1.48. The Morgan fingerprint density at radius 1 is 1.21 bits per heavy atom. The largest absolute Gasteiger partial charge is 0.401 e. The standard InChI is InChI=1S/C9H13F3N2/c10-9(11,12)6-14-2-1-7-3-13-4-8(7)5-14/h13H,1-6H2. The van der Waals surface area contributed by atoms with Crippen molar-refractivity contribution in [1.82, 2.24) is 10.2 Å². The molecule has 0 bridgehead atoms. The maximum atomic E-state index is 12.1. The fourth-order valence-electron chi connectivity index (χ4n) is 2.08. The van der Waals surface area contributed by atoms with Crippen LogP contribution in [-0.4, -0.2) is 43.8 Å². The number of hydrogen-bond acceptors (Lipinski definition) is 2. The number of halogens is 3. The summed E-state index contributed by atoms with van der Waals surface area (Å²) in [5.41, 5.74) is 2.49. The Hall–Kier alpha value is -0.550. The van der Waals surface area contributed by atoms with E-state index in [4.69, 9.17) is 0 Å². The highest BCUT2D eigenvalue weighted by atomic mass is 19.4. The molecule has 80 valence electrons. The maximum Gasteiger partial charge on any atom is 0.401 e. The van der Waals surface area contributed by atoms with Gasteiger partial charge in [-0.05, 0) is 12.0 Å². The van der Waals surface area contributed by atoms with Gasteiger partial charge in [0, 0.05) is 26.2 Å². The first kappa shape index (κ1) is 9.98. The molecular formula is C9H13F3N2. The number of nitrogens with zero attached hydrogens (tertiary/aromatic N) is 1. The monoisotopic (exact) mass is 206 g/mol. The van der Waals surface area contributed by atoms with E-state index in [1.165, 1.54) is 16.0 Å². The Bertz CT molecular complexity index is 257. The molecule has 0 atom stereocenters. The summed E-state index contributed by atoms with van der Waals surface area (Å²) in [7, 11) is 0. The van der Waals surface area contributed by atoms with Crippen molar-refractivity contribution in [1.29, 1.82) is 0 Å².